The van der Waals surface area contributed by atoms with Crippen molar-refractivity contribution in [3.63, 3.8) is 0 Å². The van der Waals surface area contributed by atoms with Gasteiger partial charge in [0.05, 0.1) is 17.8 Å². The molecule has 4 aromatic rings. The maximum Gasteiger partial charge on any atom is 0.262 e. The summed E-state index contributed by atoms with van der Waals surface area (Å²) < 4.78 is 7.92. The molecule has 5 rings (SSSR count). The summed E-state index contributed by atoms with van der Waals surface area (Å²) in [6.07, 6.45) is 1.82. The Morgan fingerprint density at radius 3 is 2.41 bits per heavy atom. The summed E-state index contributed by atoms with van der Waals surface area (Å²) in [7, 11) is 0. The number of benzene rings is 2. The highest BCUT2D eigenvalue weighted by atomic mass is 32.1. The number of carbonyl (C=O) groups excluding carboxylic acids is 1. The molecule has 3 heterocycles. The first kappa shape index (κ1) is 26.4. The van der Waals surface area contributed by atoms with E-state index in [0.29, 0.717) is 22.6 Å². The van der Waals surface area contributed by atoms with Crippen LogP contribution in [0.25, 0.3) is 0 Å². The summed E-state index contributed by atoms with van der Waals surface area (Å²) in [5.74, 6) is 0.433. The Kier molecular flexibility index (Phi) is 7.65. The Bertz CT molecular complexity index is 1450. The molecule has 39 heavy (non-hydrogen) atoms. The summed E-state index contributed by atoms with van der Waals surface area (Å²) >= 11 is 5.89. The van der Waals surface area contributed by atoms with Crippen molar-refractivity contribution >= 4 is 34.6 Å². The number of hydrogen-bond donors (Lipinski definition) is 2. The topological polar surface area (TPSA) is 71.4 Å². The molecule has 0 aliphatic carbocycles. The fourth-order valence-electron chi connectivity index (χ4n) is 5.41. The third-order valence-electron chi connectivity index (χ3n) is 7.00. The van der Waals surface area contributed by atoms with Crippen molar-refractivity contribution in [1.29, 1.82) is 0 Å². The van der Waals surface area contributed by atoms with E-state index in [1.54, 1.807) is 0 Å². The Morgan fingerprint density at radius 1 is 1.05 bits per heavy atom. The summed E-state index contributed by atoms with van der Waals surface area (Å²) in [5, 5.41) is 7.07. The van der Waals surface area contributed by atoms with Gasteiger partial charge in [-0.15, -0.1) is 0 Å². The van der Waals surface area contributed by atoms with Crippen molar-refractivity contribution in [3.05, 3.63) is 108 Å². The van der Waals surface area contributed by atoms with Crippen LogP contribution in [-0.4, -0.2) is 27.2 Å². The van der Waals surface area contributed by atoms with Crippen LogP contribution in [0, 0.1) is 13.8 Å². The SMILES string of the molecule is Cc1cc(C2C(c3ccccn3)NC(=S)N2c2ccc(NC(=O)COc3ccccc3)cc2)c(C)n1C(C)C. The lowest BCUT2D eigenvalue weighted by atomic mass is 9.96. The maximum atomic E-state index is 12.5. The van der Waals surface area contributed by atoms with Crippen molar-refractivity contribution in [2.45, 2.75) is 45.8 Å². The van der Waals surface area contributed by atoms with E-state index in [2.05, 4.69) is 58.8 Å². The molecular formula is C31H33N5O2S. The van der Waals surface area contributed by atoms with E-state index < -0.39 is 0 Å². The third kappa shape index (κ3) is 5.52. The van der Waals surface area contributed by atoms with Gasteiger partial charge in [0.2, 0.25) is 0 Å². The second-order valence-electron chi connectivity index (χ2n) is 9.98. The minimum Gasteiger partial charge on any atom is -0.484 e. The molecule has 0 spiro atoms. The summed E-state index contributed by atoms with van der Waals surface area (Å²) in [5.41, 5.74) is 6.19. The minimum atomic E-state index is -0.223. The van der Waals surface area contributed by atoms with Gasteiger partial charge in [0.25, 0.3) is 5.91 Å². The Labute approximate surface area is 234 Å². The second kappa shape index (κ2) is 11.3. The number of aryl methyl sites for hydroxylation is 1. The van der Waals surface area contributed by atoms with Gasteiger partial charge in [0.15, 0.2) is 11.7 Å². The van der Waals surface area contributed by atoms with Crippen LogP contribution >= 0.6 is 12.2 Å². The zero-order chi connectivity index (χ0) is 27.5. The predicted molar refractivity (Wildman–Crippen MR) is 159 cm³/mol. The smallest absolute Gasteiger partial charge is 0.262 e. The molecule has 8 heteroatoms. The number of ether oxygens (including phenoxy) is 1. The summed E-state index contributed by atoms with van der Waals surface area (Å²) in [6.45, 7) is 8.66. The highest BCUT2D eigenvalue weighted by Gasteiger charge is 2.42. The van der Waals surface area contributed by atoms with Crippen LogP contribution in [-0.2, 0) is 4.79 Å². The number of thiocarbonyl (C=S) groups is 1. The lowest BCUT2D eigenvalue weighted by Gasteiger charge is -2.28. The minimum absolute atomic E-state index is 0.0643. The molecule has 2 aromatic heterocycles. The van der Waals surface area contributed by atoms with E-state index in [-0.39, 0.29) is 24.6 Å². The van der Waals surface area contributed by atoms with Gasteiger partial charge in [-0.05, 0) is 100 Å². The van der Waals surface area contributed by atoms with E-state index in [1.165, 1.54) is 17.0 Å². The van der Waals surface area contributed by atoms with Gasteiger partial charge in [-0.25, -0.2) is 0 Å². The lowest BCUT2D eigenvalue weighted by molar-refractivity contribution is -0.118. The van der Waals surface area contributed by atoms with Crippen LogP contribution in [0.3, 0.4) is 0 Å². The van der Waals surface area contributed by atoms with E-state index in [1.807, 2.05) is 79.0 Å². The number of aromatic nitrogens is 2. The van der Waals surface area contributed by atoms with Gasteiger partial charge in [0.1, 0.15) is 5.75 Å². The highest BCUT2D eigenvalue weighted by Crippen LogP contribution is 2.43. The Morgan fingerprint density at radius 2 is 1.77 bits per heavy atom. The summed E-state index contributed by atoms with van der Waals surface area (Å²) in [4.78, 5) is 19.3. The molecule has 0 bridgehead atoms. The molecule has 2 unspecified atom stereocenters. The maximum absolute atomic E-state index is 12.5. The molecule has 200 valence electrons. The van der Waals surface area contributed by atoms with Crippen LogP contribution in [0.4, 0.5) is 11.4 Å². The van der Waals surface area contributed by atoms with Gasteiger partial charge < -0.3 is 24.8 Å². The number of rotatable bonds is 8. The molecule has 0 radical (unpaired) electrons. The average molecular weight is 540 g/mol. The molecule has 2 N–H and O–H groups in total. The molecule has 2 atom stereocenters. The molecule has 2 aromatic carbocycles. The fourth-order valence-corrected chi connectivity index (χ4v) is 5.76. The third-order valence-corrected chi connectivity index (χ3v) is 7.31. The quantitative estimate of drug-likeness (QED) is 0.257. The standard InChI is InChI=1S/C31H33N5O2S/c1-20(2)35-21(3)18-26(22(35)4)30-29(27-12-8-9-17-32-27)34-31(39)36(30)24-15-13-23(14-16-24)33-28(37)19-38-25-10-6-5-7-11-25/h5-18,20,29-30H,19H2,1-4H3,(H,33,37)(H,34,39). The zero-order valence-electron chi connectivity index (χ0n) is 22.6. The molecule has 7 nitrogen and oxygen atoms in total. The number of pyridine rings is 1. The first-order valence-corrected chi connectivity index (χ1v) is 13.5. The van der Waals surface area contributed by atoms with E-state index in [4.69, 9.17) is 17.0 Å². The van der Waals surface area contributed by atoms with Gasteiger partial charge in [0, 0.05) is 35.0 Å². The summed E-state index contributed by atoms with van der Waals surface area (Å²) in [6, 6.07) is 25.4. The van der Waals surface area contributed by atoms with Crippen LogP contribution < -0.4 is 20.3 Å². The lowest BCUT2D eigenvalue weighted by Crippen LogP contribution is -2.29. The van der Waals surface area contributed by atoms with Crippen LogP contribution in [0.2, 0.25) is 0 Å². The molecule has 1 aliphatic rings. The second-order valence-corrected chi connectivity index (χ2v) is 10.4. The number of nitrogens with one attached hydrogen (secondary N) is 2. The highest BCUT2D eigenvalue weighted by molar-refractivity contribution is 7.80. The molecular weight excluding hydrogens is 506 g/mol. The monoisotopic (exact) mass is 539 g/mol. The van der Waals surface area contributed by atoms with E-state index in [9.17, 15) is 4.79 Å². The van der Waals surface area contributed by atoms with Crippen LogP contribution in [0.1, 0.15) is 54.6 Å². The molecule has 1 fully saturated rings. The predicted octanol–water partition coefficient (Wildman–Crippen LogP) is 6.28. The number of anilines is 2. The van der Waals surface area contributed by atoms with Crippen molar-refractivity contribution < 1.29 is 9.53 Å². The molecule has 1 amide bonds. The van der Waals surface area contributed by atoms with Crippen molar-refractivity contribution in [3.8, 4) is 5.75 Å². The molecule has 0 saturated carbocycles. The largest absolute Gasteiger partial charge is 0.484 e. The first-order chi connectivity index (χ1) is 18.8. The van der Waals surface area contributed by atoms with Crippen LogP contribution in [0.5, 0.6) is 5.75 Å². The normalized spacial score (nSPS) is 16.8. The Hall–Kier alpha value is -4.17. The molecule has 1 aliphatic heterocycles. The van der Waals surface area contributed by atoms with Crippen LogP contribution in [0.15, 0.2) is 85.1 Å². The van der Waals surface area contributed by atoms with Gasteiger partial charge in [-0.3, -0.25) is 9.78 Å². The number of para-hydroxylation sites is 1. The number of carbonyl (C=O) groups is 1. The van der Waals surface area contributed by atoms with Crippen molar-refractivity contribution in [2.24, 2.45) is 0 Å². The number of hydrogen-bond acceptors (Lipinski definition) is 4. The fraction of sp³-hybridized carbons (Fsp3) is 0.258. The average Bonchev–Trinajstić information content (AvgIpc) is 3.43. The first-order valence-electron chi connectivity index (χ1n) is 13.1. The van der Waals surface area contributed by atoms with E-state index >= 15 is 0 Å². The van der Waals surface area contributed by atoms with Gasteiger partial charge in [-0.2, -0.15) is 0 Å². The van der Waals surface area contributed by atoms with Crippen molar-refractivity contribution in [2.75, 3.05) is 16.8 Å². The van der Waals surface area contributed by atoms with E-state index in [0.717, 1.165) is 11.4 Å². The number of nitrogens with zero attached hydrogens (tertiary/aromatic N) is 3. The van der Waals surface area contributed by atoms with Crippen molar-refractivity contribution in [1.82, 2.24) is 14.9 Å². The molecule has 1 saturated heterocycles. The van der Waals surface area contributed by atoms with Gasteiger partial charge >= 0.3 is 0 Å². The van der Waals surface area contributed by atoms with Gasteiger partial charge in [-0.1, -0.05) is 24.3 Å². The Balaban J connectivity index is 1.41. The zero-order valence-corrected chi connectivity index (χ0v) is 23.4. The number of amides is 1.